The van der Waals surface area contributed by atoms with E-state index in [0.29, 0.717) is 22.0 Å². The fraction of sp³-hybridized carbons (Fsp3) is 0.0625. The van der Waals surface area contributed by atoms with E-state index in [0.717, 1.165) is 5.56 Å². The van der Waals surface area contributed by atoms with Crippen LogP contribution in [-0.4, -0.2) is 4.98 Å². The minimum Gasteiger partial charge on any atom is -0.253 e. The zero-order valence-electron chi connectivity index (χ0n) is 10.3. The molecule has 1 aromatic heterocycles. The van der Waals surface area contributed by atoms with Crippen molar-refractivity contribution in [2.75, 3.05) is 0 Å². The first-order valence-corrected chi connectivity index (χ1v) is 5.96. The smallest absolute Gasteiger partial charge is 0.150 e. The lowest BCUT2D eigenvalue weighted by atomic mass is 10.0. The number of benzene rings is 2. The van der Waals surface area contributed by atoms with Gasteiger partial charge in [-0.05, 0) is 42.3 Å². The van der Waals surface area contributed by atoms with Crippen LogP contribution in [0.1, 0.15) is 5.56 Å². The topological polar surface area (TPSA) is 12.9 Å². The average molecular weight is 255 g/mol. The fourth-order valence-electron chi connectivity index (χ4n) is 2.20. The molecule has 94 valence electrons. The van der Waals surface area contributed by atoms with Crippen LogP contribution < -0.4 is 0 Å². The standard InChI is InChI=1S/C16H11F2N/c1-10-6-7-19-16-13(10)8-11(9-15(16)18)12-4-2-3-5-14(12)17/h2-9H,1H3. The molecule has 0 aliphatic rings. The van der Waals surface area contributed by atoms with Gasteiger partial charge in [-0.2, -0.15) is 0 Å². The normalized spacial score (nSPS) is 10.9. The lowest BCUT2D eigenvalue weighted by Crippen LogP contribution is -1.91. The summed E-state index contributed by atoms with van der Waals surface area (Å²) in [6.45, 7) is 1.88. The number of hydrogen-bond acceptors (Lipinski definition) is 1. The maximum Gasteiger partial charge on any atom is 0.150 e. The second-order valence-corrected chi connectivity index (χ2v) is 4.46. The number of pyridine rings is 1. The zero-order chi connectivity index (χ0) is 13.4. The first kappa shape index (κ1) is 11.8. The van der Waals surface area contributed by atoms with Crippen molar-refractivity contribution in [3.05, 3.63) is 65.9 Å². The lowest BCUT2D eigenvalue weighted by molar-refractivity contribution is 0.628. The van der Waals surface area contributed by atoms with Crippen LogP contribution in [0.3, 0.4) is 0 Å². The van der Waals surface area contributed by atoms with E-state index in [2.05, 4.69) is 4.98 Å². The van der Waals surface area contributed by atoms with Gasteiger partial charge in [-0.15, -0.1) is 0 Å². The summed E-state index contributed by atoms with van der Waals surface area (Å²) >= 11 is 0. The highest BCUT2D eigenvalue weighted by atomic mass is 19.1. The minimum absolute atomic E-state index is 0.320. The third-order valence-electron chi connectivity index (χ3n) is 3.20. The van der Waals surface area contributed by atoms with E-state index in [9.17, 15) is 8.78 Å². The van der Waals surface area contributed by atoms with Gasteiger partial charge in [0.1, 0.15) is 17.2 Å². The van der Waals surface area contributed by atoms with Gasteiger partial charge in [0.15, 0.2) is 0 Å². The van der Waals surface area contributed by atoms with Crippen LogP contribution in [0.15, 0.2) is 48.7 Å². The van der Waals surface area contributed by atoms with Crippen molar-refractivity contribution in [1.29, 1.82) is 0 Å². The quantitative estimate of drug-likeness (QED) is 0.624. The largest absolute Gasteiger partial charge is 0.253 e. The van der Waals surface area contributed by atoms with E-state index in [-0.39, 0.29) is 5.82 Å². The molecule has 0 saturated heterocycles. The maximum absolute atomic E-state index is 14.1. The molecule has 1 nitrogen and oxygen atoms in total. The van der Waals surface area contributed by atoms with Gasteiger partial charge in [0.25, 0.3) is 0 Å². The van der Waals surface area contributed by atoms with Gasteiger partial charge in [-0.3, -0.25) is 4.98 Å². The summed E-state index contributed by atoms with van der Waals surface area (Å²) in [6, 6.07) is 11.3. The van der Waals surface area contributed by atoms with E-state index in [1.54, 1.807) is 30.5 Å². The highest BCUT2D eigenvalue weighted by Gasteiger charge is 2.10. The van der Waals surface area contributed by atoms with Gasteiger partial charge in [0.2, 0.25) is 0 Å². The van der Waals surface area contributed by atoms with E-state index in [1.807, 2.05) is 13.0 Å². The Kier molecular flexibility index (Phi) is 2.75. The highest BCUT2D eigenvalue weighted by Crippen LogP contribution is 2.29. The number of aromatic nitrogens is 1. The summed E-state index contributed by atoms with van der Waals surface area (Å²) in [5.74, 6) is -0.790. The molecule has 0 unspecified atom stereocenters. The van der Waals surface area contributed by atoms with Gasteiger partial charge in [0.05, 0.1) is 0 Å². The molecule has 0 aliphatic heterocycles. The molecule has 2 aromatic carbocycles. The van der Waals surface area contributed by atoms with Crippen LogP contribution >= 0.6 is 0 Å². The van der Waals surface area contributed by atoms with E-state index < -0.39 is 5.82 Å². The summed E-state index contributed by atoms with van der Waals surface area (Å²) in [5, 5.41) is 0.709. The molecule has 0 N–H and O–H groups in total. The fourth-order valence-corrected chi connectivity index (χ4v) is 2.20. The van der Waals surface area contributed by atoms with Crippen molar-refractivity contribution in [2.45, 2.75) is 6.92 Å². The average Bonchev–Trinajstić information content (AvgIpc) is 2.40. The molecule has 3 aromatic rings. The summed E-state index contributed by atoms with van der Waals surface area (Å²) in [4.78, 5) is 4.03. The molecule has 0 amide bonds. The Labute approximate surface area is 109 Å². The van der Waals surface area contributed by atoms with Crippen LogP contribution in [0, 0.1) is 18.6 Å². The summed E-state index contributed by atoms with van der Waals surface area (Å²) in [6.07, 6.45) is 1.57. The number of halogens is 2. The first-order valence-electron chi connectivity index (χ1n) is 5.96. The van der Waals surface area contributed by atoms with Crippen LogP contribution in [0.4, 0.5) is 8.78 Å². The predicted molar refractivity (Wildman–Crippen MR) is 71.8 cm³/mol. The van der Waals surface area contributed by atoms with Gasteiger partial charge in [-0.1, -0.05) is 18.2 Å². The number of aryl methyl sites for hydroxylation is 1. The summed E-state index contributed by atoms with van der Waals surface area (Å²) < 4.78 is 27.8. The summed E-state index contributed by atoms with van der Waals surface area (Å²) in [7, 11) is 0. The second kappa shape index (κ2) is 4.43. The van der Waals surface area contributed by atoms with E-state index >= 15 is 0 Å². The lowest BCUT2D eigenvalue weighted by Gasteiger charge is -2.07. The molecule has 1 heterocycles. The molecule has 0 bridgehead atoms. The monoisotopic (exact) mass is 255 g/mol. The molecule has 3 heteroatoms. The molecule has 0 spiro atoms. The second-order valence-electron chi connectivity index (χ2n) is 4.46. The van der Waals surface area contributed by atoms with E-state index in [1.165, 1.54) is 12.1 Å². The Morgan fingerprint density at radius 3 is 2.53 bits per heavy atom. The Hall–Kier alpha value is -2.29. The zero-order valence-corrected chi connectivity index (χ0v) is 10.3. The number of hydrogen-bond donors (Lipinski definition) is 0. The number of fused-ring (bicyclic) bond motifs is 1. The first-order chi connectivity index (χ1) is 9.16. The van der Waals surface area contributed by atoms with Crippen molar-refractivity contribution in [2.24, 2.45) is 0 Å². The Morgan fingerprint density at radius 1 is 0.947 bits per heavy atom. The van der Waals surface area contributed by atoms with Gasteiger partial charge >= 0.3 is 0 Å². The Bertz CT molecular complexity index is 766. The van der Waals surface area contributed by atoms with Gasteiger partial charge in [0, 0.05) is 17.1 Å². The summed E-state index contributed by atoms with van der Waals surface area (Å²) in [5.41, 5.74) is 2.16. The molecule has 19 heavy (non-hydrogen) atoms. The molecule has 0 saturated carbocycles. The van der Waals surface area contributed by atoms with Crippen molar-refractivity contribution >= 4 is 10.9 Å². The van der Waals surface area contributed by atoms with Crippen LogP contribution in [-0.2, 0) is 0 Å². The molecule has 0 radical (unpaired) electrons. The highest BCUT2D eigenvalue weighted by molar-refractivity contribution is 5.87. The van der Waals surface area contributed by atoms with Crippen molar-refractivity contribution in [3.8, 4) is 11.1 Å². The van der Waals surface area contributed by atoms with Gasteiger partial charge in [-0.25, -0.2) is 8.78 Å². The van der Waals surface area contributed by atoms with Crippen LogP contribution in [0.5, 0.6) is 0 Å². The predicted octanol–water partition coefficient (Wildman–Crippen LogP) is 4.49. The molecular weight excluding hydrogens is 244 g/mol. The number of nitrogens with zero attached hydrogens (tertiary/aromatic N) is 1. The van der Waals surface area contributed by atoms with Gasteiger partial charge < -0.3 is 0 Å². The molecule has 0 aliphatic carbocycles. The maximum atomic E-state index is 14.1. The third kappa shape index (κ3) is 1.97. The minimum atomic E-state index is -0.431. The van der Waals surface area contributed by atoms with Crippen molar-refractivity contribution in [3.63, 3.8) is 0 Å². The Balaban J connectivity index is 2.33. The molecule has 0 atom stereocenters. The van der Waals surface area contributed by atoms with Crippen molar-refractivity contribution in [1.82, 2.24) is 4.98 Å². The van der Waals surface area contributed by atoms with E-state index in [4.69, 9.17) is 0 Å². The molecule has 0 fully saturated rings. The third-order valence-corrected chi connectivity index (χ3v) is 3.20. The Morgan fingerprint density at radius 2 is 1.74 bits per heavy atom. The number of rotatable bonds is 1. The van der Waals surface area contributed by atoms with Crippen molar-refractivity contribution < 1.29 is 8.78 Å². The molecular formula is C16H11F2N. The van der Waals surface area contributed by atoms with Crippen LogP contribution in [0.2, 0.25) is 0 Å². The van der Waals surface area contributed by atoms with Crippen LogP contribution in [0.25, 0.3) is 22.0 Å². The molecule has 3 rings (SSSR count). The SMILES string of the molecule is Cc1ccnc2c(F)cc(-c3ccccc3F)cc12.